The number of aliphatic hydroxyl groups excluding tert-OH is 1. The molecule has 0 aliphatic heterocycles. The van der Waals surface area contributed by atoms with Crippen LogP contribution in [0.4, 0.5) is 20.4 Å². The van der Waals surface area contributed by atoms with Crippen molar-refractivity contribution in [3.05, 3.63) is 83.3 Å². The smallest absolute Gasteiger partial charge is 0.229 e. The molecule has 2 unspecified atom stereocenters. The molecule has 0 fully saturated rings. The summed E-state index contributed by atoms with van der Waals surface area (Å²) in [7, 11) is 0. The van der Waals surface area contributed by atoms with Crippen LogP contribution in [-0.4, -0.2) is 37.3 Å². The van der Waals surface area contributed by atoms with Crippen LogP contribution in [0.3, 0.4) is 0 Å². The van der Waals surface area contributed by atoms with E-state index in [1.807, 2.05) is 6.07 Å². The van der Waals surface area contributed by atoms with Crippen LogP contribution in [0.2, 0.25) is 0 Å². The predicted octanol–water partition coefficient (Wildman–Crippen LogP) is 4.50. The Bertz CT molecular complexity index is 1390. The topological polar surface area (TPSA) is 101 Å². The number of benzene rings is 1. The molecule has 2 atom stereocenters. The molecule has 9 heteroatoms. The molecule has 3 aromatic heterocycles. The third-order valence-corrected chi connectivity index (χ3v) is 6.31. The minimum atomic E-state index is -0.735. The highest BCUT2D eigenvalue weighted by molar-refractivity contribution is 5.66. The monoisotopic (exact) mass is 476 g/mol. The Hall–Kier alpha value is -3.69. The highest BCUT2D eigenvalue weighted by Crippen LogP contribution is 2.36. The van der Waals surface area contributed by atoms with Crippen molar-refractivity contribution in [2.24, 2.45) is 5.73 Å². The quantitative estimate of drug-likeness (QED) is 0.354. The summed E-state index contributed by atoms with van der Waals surface area (Å²) >= 11 is 0. The Morgan fingerprint density at radius 3 is 2.71 bits per heavy atom. The van der Waals surface area contributed by atoms with Gasteiger partial charge in [-0.15, -0.1) is 0 Å². The first-order valence-electron chi connectivity index (χ1n) is 11.5. The third-order valence-electron chi connectivity index (χ3n) is 6.31. The maximum absolute atomic E-state index is 14.8. The standard InChI is InChI=1S/C26H26F2N6O/c1-15-8-17(12-18(29)9-15)20-4-6-30-14-24(20)32-26-31-13-19-2-3-23(33-34(19)26)25-21(27)10-16(5-7-35)11-22(25)28/h2-4,6,9-11,13-14,17-18,35H,5,7-8,12,29H2,1H3,(H,31,32). The SMILES string of the molecule is CC1=CC(N)CC(c2ccncc2Nc2ncc3ccc(-c4c(F)cc(CCO)cc4F)nn23)C1. The van der Waals surface area contributed by atoms with Gasteiger partial charge in [0.25, 0.3) is 0 Å². The number of allylic oxidation sites excluding steroid dienone is 1. The van der Waals surface area contributed by atoms with Gasteiger partial charge in [0.1, 0.15) is 11.6 Å². The van der Waals surface area contributed by atoms with Gasteiger partial charge in [-0.2, -0.15) is 9.61 Å². The highest BCUT2D eigenvalue weighted by atomic mass is 19.1. The van der Waals surface area contributed by atoms with E-state index in [0.29, 0.717) is 17.0 Å². The zero-order valence-electron chi connectivity index (χ0n) is 19.2. The summed E-state index contributed by atoms with van der Waals surface area (Å²) in [4.78, 5) is 8.70. The molecule has 7 nitrogen and oxygen atoms in total. The van der Waals surface area contributed by atoms with E-state index in [2.05, 4.69) is 33.4 Å². The number of aliphatic hydroxyl groups is 1. The summed E-state index contributed by atoms with van der Waals surface area (Å²) in [6, 6.07) is 7.69. The van der Waals surface area contributed by atoms with Crippen molar-refractivity contribution in [2.45, 2.75) is 38.1 Å². The molecule has 1 aliphatic carbocycles. The van der Waals surface area contributed by atoms with Crippen LogP contribution in [0.25, 0.3) is 16.8 Å². The Morgan fingerprint density at radius 1 is 1.17 bits per heavy atom. The number of aromatic nitrogens is 4. The molecule has 1 aromatic carbocycles. The van der Waals surface area contributed by atoms with Crippen molar-refractivity contribution in [2.75, 3.05) is 11.9 Å². The Balaban J connectivity index is 1.51. The number of anilines is 2. The molecule has 4 N–H and O–H groups in total. The first-order valence-corrected chi connectivity index (χ1v) is 11.5. The number of hydrogen-bond acceptors (Lipinski definition) is 6. The first kappa shape index (κ1) is 23.1. The third kappa shape index (κ3) is 4.65. The van der Waals surface area contributed by atoms with E-state index in [1.54, 1.807) is 30.7 Å². The van der Waals surface area contributed by atoms with Gasteiger partial charge in [0.15, 0.2) is 0 Å². The van der Waals surface area contributed by atoms with Crippen LogP contribution >= 0.6 is 0 Å². The molecule has 35 heavy (non-hydrogen) atoms. The van der Waals surface area contributed by atoms with Gasteiger partial charge in [-0.05, 0) is 73.6 Å². The number of halogens is 2. The van der Waals surface area contributed by atoms with E-state index in [4.69, 9.17) is 10.8 Å². The molecular weight excluding hydrogens is 450 g/mol. The normalized spacial score (nSPS) is 18.0. The summed E-state index contributed by atoms with van der Waals surface area (Å²) in [6.45, 7) is 1.90. The summed E-state index contributed by atoms with van der Waals surface area (Å²) in [6.07, 6.45) is 9.13. The molecule has 3 heterocycles. The largest absolute Gasteiger partial charge is 0.396 e. The second-order valence-corrected chi connectivity index (χ2v) is 8.95. The van der Waals surface area contributed by atoms with E-state index in [1.165, 1.54) is 22.2 Å². The molecule has 5 rings (SSSR count). The summed E-state index contributed by atoms with van der Waals surface area (Å²) < 4.78 is 31.1. The predicted molar refractivity (Wildman–Crippen MR) is 130 cm³/mol. The first-order chi connectivity index (χ1) is 16.9. The number of nitrogens with two attached hydrogens (primary N) is 1. The molecule has 0 saturated carbocycles. The van der Waals surface area contributed by atoms with Crippen LogP contribution in [0.5, 0.6) is 0 Å². The minimum absolute atomic E-state index is 0.000180. The van der Waals surface area contributed by atoms with Crippen molar-refractivity contribution in [1.82, 2.24) is 19.6 Å². The van der Waals surface area contributed by atoms with Crippen molar-refractivity contribution < 1.29 is 13.9 Å². The maximum Gasteiger partial charge on any atom is 0.229 e. The van der Waals surface area contributed by atoms with Gasteiger partial charge in [-0.25, -0.2) is 13.8 Å². The summed E-state index contributed by atoms with van der Waals surface area (Å²) in [5.41, 5.74) is 10.3. The minimum Gasteiger partial charge on any atom is -0.396 e. The number of fused-ring (bicyclic) bond motifs is 1. The van der Waals surface area contributed by atoms with Gasteiger partial charge in [-0.1, -0.05) is 11.6 Å². The molecule has 180 valence electrons. The molecule has 0 bridgehead atoms. The number of imidazole rings is 1. The molecule has 4 aromatic rings. The van der Waals surface area contributed by atoms with Gasteiger partial charge in [0.05, 0.1) is 34.9 Å². The van der Waals surface area contributed by atoms with Crippen molar-refractivity contribution in [3.63, 3.8) is 0 Å². The molecule has 0 amide bonds. The van der Waals surface area contributed by atoms with Gasteiger partial charge >= 0.3 is 0 Å². The van der Waals surface area contributed by atoms with E-state index in [-0.39, 0.29) is 36.2 Å². The van der Waals surface area contributed by atoms with Gasteiger partial charge in [0, 0.05) is 18.8 Å². The number of nitrogens with one attached hydrogen (secondary N) is 1. The number of hydrogen-bond donors (Lipinski definition) is 3. The van der Waals surface area contributed by atoms with Crippen molar-refractivity contribution >= 4 is 17.2 Å². The lowest BCUT2D eigenvalue weighted by atomic mass is 9.82. The fraction of sp³-hybridized carbons (Fsp3) is 0.269. The fourth-order valence-electron chi connectivity index (χ4n) is 4.77. The Morgan fingerprint density at radius 2 is 1.97 bits per heavy atom. The van der Waals surface area contributed by atoms with Crippen LogP contribution in [0.1, 0.15) is 36.8 Å². The van der Waals surface area contributed by atoms with E-state index in [9.17, 15) is 8.78 Å². The van der Waals surface area contributed by atoms with Crippen LogP contribution in [0, 0.1) is 11.6 Å². The second kappa shape index (κ2) is 9.52. The van der Waals surface area contributed by atoms with Crippen molar-refractivity contribution in [1.29, 1.82) is 0 Å². The average molecular weight is 477 g/mol. The van der Waals surface area contributed by atoms with E-state index in [0.717, 1.165) is 24.1 Å². The lowest BCUT2D eigenvalue weighted by Gasteiger charge is -2.27. The van der Waals surface area contributed by atoms with E-state index >= 15 is 0 Å². The zero-order chi connectivity index (χ0) is 24.5. The van der Waals surface area contributed by atoms with Gasteiger partial charge < -0.3 is 16.2 Å². The lowest BCUT2D eigenvalue weighted by Crippen LogP contribution is -2.25. The lowest BCUT2D eigenvalue weighted by molar-refractivity contribution is 0.299. The molecule has 1 aliphatic rings. The summed E-state index contributed by atoms with van der Waals surface area (Å²) in [5.74, 6) is -0.833. The second-order valence-electron chi connectivity index (χ2n) is 8.95. The summed E-state index contributed by atoms with van der Waals surface area (Å²) in [5, 5.41) is 16.9. The Labute approximate surface area is 201 Å². The highest BCUT2D eigenvalue weighted by Gasteiger charge is 2.23. The maximum atomic E-state index is 14.8. The van der Waals surface area contributed by atoms with Gasteiger partial charge in [-0.3, -0.25) is 4.98 Å². The van der Waals surface area contributed by atoms with Crippen molar-refractivity contribution in [3.8, 4) is 11.3 Å². The molecule has 0 radical (unpaired) electrons. The molecular formula is C26H26F2N6O. The number of nitrogens with zero attached hydrogens (tertiary/aromatic N) is 4. The van der Waals surface area contributed by atoms with E-state index < -0.39 is 11.6 Å². The van der Waals surface area contributed by atoms with Gasteiger partial charge in [0.2, 0.25) is 5.95 Å². The molecule has 0 saturated heterocycles. The zero-order valence-corrected chi connectivity index (χ0v) is 19.2. The fourth-order valence-corrected chi connectivity index (χ4v) is 4.77. The Kier molecular flexibility index (Phi) is 6.27. The number of pyridine rings is 1. The number of rotatable bonds is 6. The average Bonchev–Trinajstić information content (AvgIpc) is 3.21. The molecule has 0 spiro atoms. The van der Waals surface area contributed by atoms with Crippen LogP contribution in [0.15, 0.2) is 60.6 Å². The van der Waals surface area contributed by atoms with Crippen LogP contribution < -0.4 is 11.1 Å². The van der Waals surface area contributed by atoms with Crippen LogP contribution in [-0.2, 0) is 6.42 Å².